The van der Waals surface area contributed by atoms with E-state index in [4.69, 9.17) is 0 Å². The van der Waals surface area contributed by atoms with Gasteiger partial charge in [0.25, 0.3) is 5.56 Å². The molecule has 0 amide bonds. The van der Waals surface area contributed by atoms with E-state index < -0.39 is 17.3 Å². The number of aromatic nitrogens is 1. The zero-order valence-corrected chi connectivity index (χ0v) is 11.4. The van der Waals surface area contributed by atoms with Gasteiger partial charge in [-0.05, 0) is 18.6 Å². The molecule has 0 aliphatic rings. The Balaban J connectivity index is 2.71. The molecule has 5 heteroatoms. The molecule has 0 saturated heterocycles. The van der Waals surface area contributed by atoms with Crippen molar-refractivity contribution in [3.8, 4) is 11.3 Å². The largest absolute Gasteiger partial charge is 0.416 e. The first-order valence-electron chi connectivity index (χ1n) is 6.33. The van der Waals surface area contributed by atoms with Crippen LogP contribution in [0.3, 0.4) is 0 Å². The van der Waals surface area contributed by atoms with Crippen LogP contribution in [0.1, 0.15) is 11.1 Å². The average molecular weight is 293 g/mol. The molecule has 1 aromatic heterocycles. The fourth-order valence-electron chi connectivity index (χ4n) is 2.04. The van der Waals surface area contributed by atoms with Crippen molar-refractivity contribution < 1.29 is 13.2 Å². The molecule has 2 aromatic rings. The third kappa shape index (κ3) is 3.24. The Morgan fingerprint density at radius 3 is 2.33 bits per heavy atom. The van der Waals surface area contributed by atoms with Crippen LogP contribution in [0.2, 0.25) is 0 Å². The fraction of sp³-hybridized carbons (Fsp3) is 0.188. The van der Waals surface area contributed by atoms with Gasteiger partial charge in [-0.25, -0.2) is 0 Å². The van der Waals surface area contributed by atoms with E-state index in [0.717, 1.165) is 11.6 Å². The predicted octanol–water partition coefficient (Wildman–Crippen LogP) is 4.03. The minimum absolute atomic E-state index is 0.153. The van der Waals surface area contributed by atoms with Crippen molar-refractivity contribution in [2.24, 2.45) is 0 Å². The van der Waals surface area contributed by atoms with E-state index >= 15 is 0 Å². The van der Waals surface area contributed by atoms with Gasteiger partial charge in [0.15, 0.2) is 0 Å². The first-order chi connectivity index (χ1) is 9.82. The lowest BCUT2D eigenvalue weighted by Gasteiger charge is -2.15. The van der Waals surface area contributed by atoms with E-state index in [9.17, 15) is 18.0 Å². The number of halogens is 3. The summed E-state index contributed by atoms with van der Waals surface area (Å²) in [6.07, 6.45) is -3.07. The number of alkyl halides is 3. The molecule has 0 spiro atoms. The van der Waals surface area contributed by atoms with E-state index in [1.54, 1.807) is 24.3 Å². The Morgan fingerprint density at radius 1 is 1.19 bits per heavy atom. The summed E-state index contributed by atoms with van der Waals surface area (Å²) < 4.78 is 39.9. The molecular formula is C16H14F3NO. The molecule has 0 saturated carbocycles. The van der Waals surface area contributed by atoms with E-state index in [-0.39, 0.29) is 12.2 Å². The van der Waals surface area contributed by atoms with Gasteiger partial charge in [0.05, 0.1) is 11.3 Å². The molecule has 0 bridgehead atoms. The molecular weight excluding hydrogens is 279 g/mol. The predicted molar refractivity (Wildman–Crippen MR) is 76.1 cm³/mol. The highest BCUT2D eigenvalue weighted by Crippen LogP contribution is 2.31. The van der Waals surface area contributed by atoms with E-state index in [1.807, 2.05) is 6.92 Å². The van der Waals surface area contributed by atoms with Gasteiger partial charge >= 0.3 is 6.18 Å². The summed E-state index contributed by atoms with van der Waals surface area (Å²) in [7, 11) is 0. The highest BCUT2D eigenvalue weighted by Gasteiger charge is 2.32. The second-order valence-electron chi connectivity index (χ2n) is 4.73. The summed E-state index contributed by atoms with van der Waals surface area (Å²) in [5, 5.41) is 0. The molecule has 0 unspecified atom stereocenters. The molecule has 1 aromatic carbocycles. The van der Waals surface area contributed by atoms with E-state index in [1.165, 1.54) is 10.6 Å². The maximum Gasteiger partial charge on any atom is 0.416 e. The molecule has 21 heavy (non-hydrogen) atoms. The normalized spacial score (nSPS) is 11.4. The monoisotopic (exact) mass is 293 g/mol. The zero-order valence-electron chi connectivity index (χ0n) is 11.4. The Hall–Kier alpha value is -2.30. The average Bonchev–Trinajstić information content (AvgIpc) is 2.41. The number of hydrogen-bond acceptors (Lipinski definition) is 1. The summed E-state index contributed by atoms with van der Waals surface area (Å²) in [6.45, 7) is 5.57. The van der Waals surface area contributed by atoms with Crippen molar-refractivity contribution in [1.29, 1.82) is 0 Å². The van der Waals surface area contributed by atoms with Gasteiger partial charge in [0, 0.05) is 12.6 Å². The second-order valence-corrected chi connectivity index (χ2v) is 4.73. The highest BCUT2D eigenvalue weighted by molar-refractivity contribution is 5.61. The SMILES string of the molecule is C=CCn1c(-c2ccc(C)cc2)cc(C(F)(F)F)cc1=O. The molecule has 2 rings (SSSR count). The quantitative estimate of drug-likeness (QED) is 0.783. The smallest absolute Gasteiger partial charge is 0.304 e. The lowest BCUT2D eigenvalue weighted by atomic mass is 10.1. The van der Waals surface area contributed by atoms with Crippen LogP contribution in [-0.4, -0.2) is 4.57 Å². The Kier molecular flexibility index (Phi) is 4.02. The van der Waals surface area contributed by atoms with Crippen LogP contribution in [0.25, 0.3) is 11.3 Å². The Morgan fingerprint density at radius 2 is 1.81 bits per heavy atom. The van der Waals surface area contributed by atoms with Gasteiger partial charge in [-0.1, -0.05) is 35.9 Å². The van der Waals surface area contributed by atoms with Gasteiger partial charge in [0.2, 0.25) is 0 Å². The molecule has 0 N–H and O–H groups in total. The minimum Gasteiger partial charge on any atom is -0.304 e. The van der Waals surface area contributed by atoms with Gasteiger partial charge in [-0.2, -0.15) is 13.2 Å². The fourth-order valence-corrected chi connectivity index (χ4v) is 2.04. The first kappa shape index (κ1) is 15.1. The first-order valence-corrected chi connectivity index (χ1v) is 6.33. The number of rotatable bonds is 3. The van der Waals surface area contributed by atoms with Crippen LogP contribution < -0.4 is 5.56 Å². The van der Waals surface area contributed by atoms with Crippen molar-refractivity contribution >= 4 is 0 Å². The Bertz CT molecular complexity index is 712. The molecule has 0 fully saturated rings. The van der Waals surface area contributed by atoms with Gasteiger partial charge < -0.3 is 4.57 Å². The zero-order chi connectivity index (χ0) is 15.6. The molecule has 2 nitrogen and oxygen atoms in total. The number of aryl methyl sites for hydroxylation is 1. The summed E-state index contributed by atoms with van der Waals surface area (Å²) in [6, 6.07) is 8.58. The summed E-state index contributed by atoms with van der Waals surface area (Å²) >= 11 is 0. The topological polar surface area (TPSA) is 22.0 Å². The maximum atomic E-state index is 12.9. The number of allylic oxidation sites excluding steroid dienone is 1. The van der Waals surface area contributed by atoms with Crippen molar-refractivity contribution in [3.05, 3.63) is 70.5 Å². The standard InChI is InChI=1S/C16H14F3NO/c1-3-8-20-14(12-6-4-11(2)5-7-12)9-13(10-15(20)21)16(17,18)19/h3-7,9-10H,1,8H2,2H3. The summed E-state index contributed by atoms with van der Waals surface area (Å²) in [4.78, 5) is 12.0. The van der Waals surface area contributed by atoms with Crippen molar-refractivity contribution in [3.63, 3.8) is 0 Å². The third-order valence-electron chi connectivity index (χ3n) is 3.11. The van der Waals surface area contributed by atoms with Crippen molar-refractivity contribution in [2.75, 3.05) is 0 Å². The van der Waals surface area contributed by atoms with Crippen LogP contribution in [0, 0.1) is 6.92 Å². The van der Waals surface area contributed by atoms with Crippen LogP contribution in [0.15, 0.2) is 53.8 Å². The van der Waals surface area contributed by atoms with Crippen molar-refractivity contribution in [2.45, 2.75) is 19.6 Å². The highest BCUT2D eigenvalue weighted by atomic mass is 19.4. The van der Waals surface area contributed by atoms with Crippen LogP contribution in [-0.2, 0) is 12.7 Å². The third-order valence-corrected chi connectivity index (χ3v) is 3.11. The summed E-state index contributed by atoms with van der Waals surface area (Å²) in [5.41, 5.74) is 0.146. The summed E-state index contributed by atoms with van der Waals surface area (Å²) in [5.74, 6) is 0. The Labute approximate surface area is 120 Å². The number of pyridine rings is 1. The number of benzene rings is 1. The van der Waals surface area contributed by atoms with E-state index in [2.05, 4.69) is 6.58 Å². The molecule has 110 valence electrons. The van der Waals surface area contributed by atoms with Gasteiger partial charge in [-0.15, -0.1) is 6.58 Å². The van der Waals surface area contributed by atoms with Crippen molar-refractivity contribution in [1.82, 2.24) is 4.57 Å². The van der Waals surface area contributed by atoms with Gasteiger partial charge in [0.1, 0.15) is 0 Å². The second kappa shape index (κ2) is 5.60. The molecule has 1 heterocycles. The van der Waals surface area contributed by atoms with Crippen LogP contribution in [0.5, 0.6) is 0 Å². The molecule has 0 aliphatic carbocycles. The van der Waals surface area contributed by atoms with Gasteiger partial charge in [-0.3, -0.25) is 4.79 Å². The van der Waals surface area contributed by atoms with E-state index in [0.29, 0.717) is 11.6 Å². The molecule has 0 aliphatic heterocycles. The van der Waals surface area contributed by atoms with Crippen LogP contribution in [0.4, 0.5) is 13.2 Å². The molecule has 0 radical (unpaired) electrons. The lowest BCUT2D eigenvalue weighted by molar-refractivity contribution is -0.137. The maximum absolute atomic E-state index is 12.9. The molecule has 0 atom stereocenters. The lowest BCUT2D eigenvalue weighted by Crippen LogP contribution is -2.23. The van der Waals surface area contributed by atoms with Crippen LogP contribution >= 0.6 is 0 Å². The minimum atomic E-state index is -4.55. The number of hydrogen-bond donors (Lipinski definition) is 0. The number of nitrogens with zero attached hydrogens (tertiary/aromatic N) is 1.